The number of nitrogens with zero attached hydrogens (tertiary/aromatic N) is 5. The molecule has 0 aliphatic carbocycles. The molecule has 120 valence electrons. The monoisotopic (exact) mass is 343 g/mol. The Kier molecular flexibility index (Phi) is 5.37. The average Bonchev–Trinajstić information content (AvgIpc) is 2.89. The molecule has 0 unspecified atom stereocenters. The highest BCUT2D eigenvalue weighted by atomic mass is 32.2. The summed E-state index contributed by atoms with van der Waals surface area (Å²) in [6.45, 7) is 0.470. The molecule has 0 saturated carbocycles. The van der Waals surface area contributed by atoms with Crippen LogP contribution < -0.4 is 4.74 Å². The van der Waals surface area contributed by atoms with Gasteiger partial charge in [0, 0.05) is 26.9 Å². The molecule has 1 heterocycles. The summed E-state index contributed by atoms with van der Waals surface area (Å²) < 4.78 is 32.2. The van der Waals surface area contributed by atoms with Gasteiger partial charge in [0.05, 0.1) is 11.5 Å². The summed E-state index contributed by atoms with van der Waals surface area (Å²) in [5.74, 6) is 1.31. The number of aromatic nitrogens is 4. The Bertz CT molecular complexity index is 713. The number of benzene rings is 1. The molecule has 0 spiro atoms. The lowest BCUT2D eigenvalue weighted by molar-refractivity contribution is 0.343. The van der Waals surface area contributed by atoms with Crippen molar-refractivity contribution in [1.29, 1.82) is 0 Å². The van der Waals surface area contributed by atoms with Crippen LogP contribution in [0, 0.1) is 0 Å². The quantitative estimate of drug-likeness (QED) is 0.538. The molecule has 2 rings (SSSR count). The van der Waals surface area contributed by atoms with Gasteiger partial charge < -0.3 is 4.74 Å². The first-order valence-electron chi connectivity index (χ1n) is 6.42. The maximum atomic E-state index is 11.9. The molecule has 10 heteroatoms. The van der Waals surface area contributed by atoms with Crippen LogP contribution >= 0.6 is 11.8 Å². The van der Waals surface area contributed by atoms with Gasteiger partial charge in [-0.1, -0.05) is 11.8 Å². The van der Waals surface area contributed by atoms with Crippen LogP contribution in [0.4, 0.5) is 0 Å². The van der Waals surface area contributed by atoms with Crippen molar-refractivity contribution in [2.75, 3.05) is 26.5 Å². The van der Waals surface area contributed by atoms with Crippen molar-refractivity contribution >= 4 is 21.8 Å². The van der Waals surface area contributed by atoms with E-state index in [0.717, 1.165) is 5.16 Å². The van der Waals surface area contributed by atoms with Crippen LogP contribution in [0.5, 0.6) is 5.75 Å². The fraction of sp³-hybridized carbons (Fsp3) is 0.417. The number of ether oxygens (including phenoxy) is 1. The molecule has 0 amide bonds. The Morgan fingerprint density at radius 2 is 1.95 bits per heavy atom. The zero-order valence-corrected chi connectivity index (χ0v) is 14.1. The second-order valence-corrected chi connectivity index (χ2v) is 7.75. The highest BCUT2D eigenvalue weighted by molar-refractivity contribution is 7.99. The zero-order valence-electron chi connectivity index (χ0n) is 12.5. The van der Waals surface area contributed by atoms with Gasteiger partial charge in [-0.3, -0.25) is 0 Å². The van der Waals surface area contributed by atoms with Gasteiger partial charge in [-0.05, 0) is 34.7 Å². The van der Waals surface area contributed by atoms with Gasteiger partial charge in [-0.2, -0.15) is 0 Å². The van der Waals surface area contributed by atoms with Crippen molar-refractivity contribution in [3.63, 3.8) is 0 Å². The van der Waals surface area contributed by atoms with E-state index in [1.165, 1.54) is 42.3 Å². The molecular weight excluding hydrogens is 326 g/mol. The lowest BCUT2D eigenvalue weighted by Crippen LogP contribution is -2.22. The van der Waals surface area contributed by atoms with Crippen LogP contribution in [0.2, 0.25) is 0 Å². The second-order valence-electron chi connectivity index (χ2n) is 4.54. The van der Waals surface area contributed by atoms with E-state index in [9.17, 15) is 8.42 Å². The topological polar surface area (TPSA) is 90.2 Å². The molecule has 0 aliphatic rings. The SMILES string of the molecule is CN(C)S(=O)(=O)c1ccc(OCCSc2nnnn2C)cc1. The third-order valence-electron chi connectivity index (χ3n) is 2.77. The normalized spacial score (nSPS) is 11.8. The first-order chi connectivity index (χ1) is 10.4. The largest absolute Gasteiger partial charge is 0.493 e. The molecule has 0 radical (unpaired) electrons. The van der Waals surface area contributed by atoms with Gasteiger partial charge in [0.15, 0.2) is 0 Å². The summed E-state index contributed by atoms with van der Waals surface area (Å²) in [4.78, 5) is 0.240. The Morgan fingerprint density at radius 3 is 2.50 bits per heavy atom. The number of aryl methyl sites for hydroxylation is 1. The van der Waals surface area contributed by atoms with Crippen LogP contribution in [0.15, 0.2) is 34.3 Å². The molecule has 1 aromatic carbocycles. The van der Waals surface area contributed by atoms with E-state index >= 15 is 0 Å². The van der Waals surface area contributed by atoms with Gasteiger partial charge in [-0.15, -0.1) is 5.10 Å². The van der Waals surface area contributed by atoms with Crippen molar-refractivity contribution in [3.05, 3.63) is 24.3 Å². The van der Waals surface area contributed by atoms with E-state index in [2.05, 4.69) is 15.5 Å². The van der Waals surface area contributed by atoms with Gasteiger partial charge in [0.2, 0.25) is 15.2 Å². The van der Waals surface area contributed by atoms with Crippen LogP contribution in [0.25, 0.3) is 0 Å². The minimum atomic E-state index is -3.40. The third kappa shape index (κ3) is 3.96. The van der Waals surface area contributed by atoms with Gasteiger partial charge in [0.25, 0.3) is 0 Å². The minimum Gasteiger partial charge on any atom is -0.493 e. The number of tetrazole rings is 1. The van der Waals surface area contributed by atoms with E-state index < -0.39 is 10.0 Å². The van der Waals surface area contributed by atoms with Crippen molar-refractivity contribution in [1.82, 2.24) is 24.5 Å². The Balaban J connectivity index is 1.86. The van der Waals surface area contributed by atoms with E-state index in [1.807, 2.05) is 0 Å². The van der Waals surface area contributed by atoms with E-state index in [1.54, 1.807) is 23.9 Å². The summed E-state index contributed by atoms with van der Waals surface area (Å²) in [5.41, 5.74) is 0. The number of sulfonamides is 1. The average molecular weight is 343 g/mol. The van der Waals surface area contributed by atoms with E-state index in [-0.39, 0.29) is 4.90 Å². The molecule has 0 aliphatic heterocycles. The molecule has 0 bridgehead atoms. The summed E-state index contributed by atoms with van der Waals surface area (Å²) in [7, 11) is 1.36. The highest BCUT2D eigenvalue weighted by Gasteiger charge is 2.16. The van der Waals surface area contributed by atoms with Crippen LogP contribution in [0.3, 0.4) is 0 Å². The van der Waals surface area contributed by atoms with E-state index in [0.29, 0.717) is 18.1 Å². The highest BCUT2D eigenvalue weighted by Crippen LogP contribution is 2.19. The van der Waals surface area contributed by atoms with Crippen LogP contribution in [-0.4, -0.2) is 59.4 Å². The van der Waals surface area contributed by atoms with Crippen molar-refractivity contribution in [2.45, 2.75) is 10.1 Å². The summed E-state index contributed by atoms with van der Waals surface area (Å²) in [6.07, 6.45) is 0. The molecule has 0 N–H and O–H groups in total. The van der Waals surface area contributed by atoms with E-state index in [4.69, 9.17) is 4.74 Å². The third-order valence-corrected chi connectivity index (χ3v) is 5.57. The molecule has 0 saturated heterocycles. The summed E-state index contributed by atoms with van der Waals surface area (Å²) in [6, 6.07) is 6.35. The molecular formula is C12H17N5O3S2. The fourth-order valence-electron chi connectivity index (χ4n) is 1.55. The smallest absolute Gasteiger partial charge is 0.242 e. The van der Waals surface area contributed by atoms with Crippen molar-refractivity contribution in [3.8, 4) is 5.75 Å². The lowest BCUT2D eigenvalue weighted by atomic mass is 10.3. The summed E-state index contributed by atoms with van der Waals surface area (Å²) in [5, 5.41) is 11.9. The standard InChI is InChI=1S/C12H17N5O3S2/c1-16(2)22(18,19)11-6-4-10(5-7-11)20-8-9-21-12-13-14-15-17(12)3/h4-7H,8-9H2,1-3H3. The van der Waals surface area contributed by atoms with Crippen molar-refractivity contribution < 1.29 is 13.2 Å². The zero-order chi connectivity index (χ0) is 16.2. The molecule has 0 atom stereocenters. The molecule has 22 heavy (non-hydrogen) atoms. The molecule has 8 nitrogen and oxygen atoms in total. The lowest BCUT2D eigenvalue weighted by Gasteiger charge is -2.12. The number of thioether (sulfide) groups is 1. The van der Waals surface area contributed by atoms with Crippen molar-refractivity contribution in [2.24, 2.45) is 7.05 Å². The first kappa shape index (κ1) is 16.7. The maximum absolute atomic E-state index is 11.9. The van der Waals surface area contributed by atoms with Crippen LogP contribution in [-0.2, 0) is 17.1 Å². The van der Waals surface area contributed by atoms with Gasteiger partial charge >= 0.3 is 0 Å². The maximum Gasteiger partial charge on any atom is 0.242 e. The number of hydrogen-bond donors (Lipinski definition) is 0. The minimum absolute atomic E-state index is 0.240. The first-order valence-corrected chi connectivity index (χ1v) is 8.84. The number of hydrogen-bond acceptors (Lipinski definition) is 7. The predicted octanol–water partition coefficient (Wildman–Crippen LogP) is 0.631. The Morgan fingerprint density at radius 1 is 1.27 bits per heavy atom. The Labute approximate surface area is 133 Å². The summed E-state index contributed by atoms with van der Waals surface area (Å²) >= 11 is 1.48. The fourth-order valence-corrected chi connectivity index (χ4v) is 3.12. The molecule has 2 aromatic rings. The predicted molar refractivity (Wildman–Crippen MR) is 82.3 cm³/mol. The van der Waals surface area contributed by atoms with Gasteiger partial charge in [-0.25, -0.2) is 17.4 Å². The molecule has 0 fully saturated rings. The Hall–Kier alpha value is -1.65. The molecule has 1 aromatic heterocycles. The van der Waals surface area contributed by atoms with Crippen LogP contribution in [0.1, 0.15) is 0 Å². The van der Waals surface area contributed by atoms with Gasteiger partial charge in [0.1, 0.15) is 5.75 Å². The second kappa shape index (κ2) is 7.07. The number of rotatable bonds is 7.